The molecule has 21 heavy (non-hydrogen) atoms. The summed E-state index contributed by atoms with van der Waals surface area (Å²) in [6, 6.07) is 7.42. The number of hydrogen-bond acceptors (Lipinski definition) is 1. The third-order valence-electron chi connectivity index (χ3n) is 3.76. The highest BCUT2D eigenvalue weighted by atomic mass is 35.5. The first kappa shape index (κ1) is 16.2. The number of unbranched alkanes of at least 4 members (excludes halogenated alkanes) is 3. The summed E-state index contributed by atoms with van der Waals surface area (Å²) >= 11 is 12.7. The van der Waals surface area contributed by atoms with Crippen molar-refractivity contribution in [1.82, 2.24) is 4.09 Å². The SMILES string of the molecule is CCCCCCC(C(=O)O)c1c(Cl)c2ccccc2n1Cl. The fraction of sp³-hybridized carbons (Fsp3) is 0.438. The topological polar surface area (TPSA) is 42.2 Å². The number of para-hydroxylation sites is 1. The maximum Gasteiger partial charge on any atom is 0.312 e. The fourth-order valence-electron chi connectivity index (χ4n) is 2.63. The van der Waals surface area contributed by atoms with E-state index in [2.05, 4.69) is 6.92 Å². The van der Waals surface area contributed by atoms with Gasteiger partial charge in [0.15, 0.2) is 0 Å². The molecule has 1 aromatic carbocycles. The molecule has 0 radical (unpaired) electrons. The van der Waals surface area contributed by atoms with Gasteiger partial charge in [-0.3, -0.25) is 8.88 Å². The van der Waals surface area contributed by atoms with Crippen LogP contribution in [-0.4, -0.2) is 15.2 Å². The molecular weight excluding hydrogens is 309 g/mol. The van der Waals surface area contributed by atoms with Gasteiger partial charge >= 0.3 is 5.97 Å². The van der Waals surface area contributed by atoms with Gasteiger partial charge in [0.05, 0.1) is 22.2 Å². The zero-order valence-corrected chi connectivity index (χ0v) is 13.5. The van der Waals surface area contributed by atoms with Crippen molar-refractivity contribution in [2.45, 2.75) is 44.9 Å². The van der Waals surface area contributed by atoms with Gasteiger partial charge in [-0.2, -0.15) is 0 Å². The summed E-state index contributed by atoms with van der Waals surface area (Å²) in [6.45, 7) is 2.13. The molecule has 1 heterocycles. The number of aromatic nitrogens is 1. The van der Waals surface area contributed by atoms with Crippen molar-refractivity contribution in [3.8, 4) is 0 Å². The molecule has 0 bridgehead atoms. The van der Waals surface area contributed by atoms with Crippen LogP contribution in [0.5, 0.6) is 0 Å². The molecule has 2 aromatic rings. The Labute approximate surface area is 134 Å². The number of hydrogen-bond donors (Lipinski definition) is 1. The third kappa shape index (κ3) is 3.35. The smallest absolute Gasteiger partial charge is 0.312 e. The largest absolute Gasteiger partial charge is 0.481 e. The standard InChI is InChI=1S/C16H19Cl2NO2/c1-2-3-4-5-9-12(16(20)21)15-14(17)11-8-6-7-10-13(11)19(15)18/h6-8,10,12H,2-5,9H2,1H3,(H,20,21). The van der Waals surface area contributed by atoms with Crippen molar-refractivity contribution in [2.75, 3.05) is 0 Å². The number of halogens is 2. The van der Waals surface area contributed by atoms with Crippen LogP contribution in [0.25, 0.3) is 10.9 Å². The monoisotopic (exact) mass is 327 g/mol. The van der Waals surface area contributed by atoms with E-state index >= 15 is 0 Å². The minimum absolute atomic E-state index is 0.448. The minimum Gasteiger partial charge on any atom is -0.481 e. The van der Waals surface area contributed by atoms with Gasteiger partial charge in [-0.1, -0.05) is 62.4 Å². The predicted molar refractivity (Wildman–Crippen MR) is 87.3 cm³/mol. The average molecular weight is 328 g/mol. The zero-order valence-electron chi connectivity index (χ0n) is 12.0. The molecule has 0 amide bonds. The molecule has 0 aliphatic rings. The number of carboxylic acids is 1. The molecule has 5 heteroatoms. The van der Waals surface area contributed by atoms with E-state index in [1.807, 2.05) is 24.3 Å². The number of benzene rings is 1. The molecule has 0 saturated carbocycles. The van der Waals surface area contributed by atoms with Crippen molar-refractivity contribution in [1.29, 1.82) is 0 Å². The highest BCUT2D eigenvalue weighted by Gasteiger charge is 2.28. The lowest BCUT2D eigenvalue weighted by molar-refractivity contribution is -0.139. The van der Waals surface area contributed by atoms with Gasteiger partial charge in [-0.05, 0) is 12.5 Å². The normalized spacial score (nSPS) is 12.7. The summed E-state index contributed by atoms with van der Waals surface area (Å²) in [4.78, 5) is 11.6. The van der Waals surface area contributed by atoms with Crippen LogP contribution in [0.3, 0.4) is 0 Å². The third-order valence-corrected chi connectivity index (χ3v) is 4.52. The molecule has 0 saturated heterocycles. The summed E-state index contributed by atoms with van der Waals surface area (Å²) in [5.74, 6) is -1.54. The second kappa shape index (κ2) is 7.19. The predicted octanol–water partition coefficient (Wildman–Crippen LogP) is 5.44. The Kier molecular flexibility index (Phi) is 5.54. The van der Waals surface area contributed by atoms with E-state index < -0.39 is 11.9 Å². The Morgan fingerprint density at radius 1 is 1.29 bits per heavy atom. The summed E-state index contributed by atoms with van der Waals surface area (Å²) in [6.07, 6.45) is 4.68. The first-order chi connectivity index (χ1) is 10.1. The number of aliphatic carboxylic acids is 1. The van der Waals surface area contributed by atoms with Gasteiger partial charge in [0.1, 0.15) is 0 Å². The summed E-state index contributed by atoms with van der Waals surface area (Å²) in [5.41, 5.74) is 1.24. The van der Waals surface area contributed by atoms with Gasteiger partial charge in [0.25, 0.3) is 0 Å². The van der Waals surface area contributed by atoms with Gasteiger partial charge in [-0.15, -0.1) is 0 Å². The number of fused-ring (bicyclic) bond motifs is 1. The summed E-state index contributed by atoms with van der Waals surface area (Å²) in [7, 11) is 0. The Balaban J connectivity index is 2.34. The van der Waals surface area contributed by atoms with Crippen molar-refractivity contribution in [3.63, 3.8) is 0 Å². The number of carboxylic acid groups (broad SMARTS) is 1. The molecule has 2 rings (SSSR count). The Morgan fingerprint density at radius 3 is 2.62 bits per heavy atom. The van der Waals surface area contributed by atoms with E-state index in [-0.39, 0.29) is 0 Å². The van der Waals surface area contributed by atoms with Crippen molar-refractivity contribution in [2.24, 2.45) is 0 Å². The Morgan fingerprint density at radius 2 is 2.00 bits per heavy atom. The van der Waals surface area contributed by atoms with Crippen LogP contribution >= 0.6 is 23.4 Å². The molecule has 0 spiro atoms. The van der Waals surface area contributed by atoms with E-state index in [1.54, 1.807) is 0 Å². The molecule has 0 aliphatic heterocycles. The van der Waals surface area contributed by atoms with E-state index in [1.165, 1.54) is 4.09 Å². The number of carbonyl (C=O) groups is 1. The van der Waals surface area contributed by atoms with E-state index in [9.17, 15) is 9.90 Å². The van der Waals surface area contributed by atoms with Crippen molar-refractivity contribution in [3.05, 3.63) is 35.0 Å². The molecule has 1 unspecified atom stereocenters. The van der Waals surface area contributed by atoms with Gasteiger partial charge < -0.3 is 5.11 Å². The van der Waals surface area contributed by atoms with Crippen LogP contribution in [0.4, 0.5) is 0 Å². The molecule has 0 fully saturated rings. The van der Waals surface area contributed by atoms with E-state index in [0.717, 1.165) is 36.6 Å². The molecule has 114 valence electrons. The number of nitrogens with zero attached hydrogens (tertiary/aromatic N) is 1. The maximum absolute atomic E-state index is 11.6. The second-order valence-corrected chi connectivity index (χ2v) is 5.95. The van der Waals surface area contributed by atoms with Crippen LogP contribution in [0.2, 0.25) is 5.02 Å². The van der Waals surface area contributed by atoms with Crippen LogP contribution in [0.15, 0.2) is 24.3 Å². The first-order valence-corrected chi connectivity index (χ1v) is 7.97. The fourth-order valence-corrected chi connectivity index (χ4v) is 3.40. The molecular formula is C16H19Cl2NO2. The molecule has 1 aromatic heterocycles. The lowest BCUT2D eigenvalue weighted by Gasteiger charge is -2.13. The average Bonchev–Trinajstić information content (AvgIpc) is 2.72. The Bertz CT molecular complexity index is 597. The Hall–Kier alpha value is -1.19. The van der Waals surface area contributed by atoms with Crippen molar-refractivity contribution >= 4 is 40.2 Å². The highest BCUT2D eigenvalue weighted by Crippen LogP contribution is 2.38. The molecule has 0 aliphatic carbocycles. The summed E-state index contributed by atoms with van der Waals surface area (Å²) in [5, 5.41) is 10.8. The van der Waals surface area contributed by atoms with E-state index in [0.29, 0.717) is 17.1 Å². The van der Waals surface area contributed by atoms with Crippen molar-refractivity contribution < 1.29 is 9.90 Å². The van der Waals surface area contributed by atoms with Gasteiger partial charge in [-0.25, -0.2) is 0 Å². The van der Waals surface area contributed by atoms with E-state index in [4.69, 9.17) is 23.4 Å². The number of rotatable bonds is 7. The first-order valence-electron chi connectivity index (χ1n) is 7.25. The zero-order chi connectivity index (χ0) is 15.4. The quantitative estimate of drug-likeness (QED) is 0.688. The van der Waals surface area contributed by atoms with Crippen LogP contribution in [0.1, 0.15) is 50.6 Å². The molecule has 1 atom stereocenters. The molecule has 3 nitrogen and oxygen atoms in total. The lowest BCUT2D eigenvalue weighted by Crippen LogP contribution is -2.14. The maximum atomic E-state index is 11.6. The van der Waals surface area contributed by atoms with Gasteiger partial charge in [0, 0.05) is 17.2 Å². The van der Waals surface area contributed by atoms with Crippen LogP contribution < -0.4 is 0 Å². The summed E-state index contributed by atoms with van der Waals surface area (Å²) < 4.78 is 1.40. The minimum atomic E-state index is -0.877. The van der Waals surface area contributed by atoms with Crippen LogP contribution in [-0.2, 0) is 4.79 Å². The second-order valence-electron chi connectivity index (χ2n) is 5.24. The lowest BCUT2D eigenvalue weighted by atomic mass is 9.97. The highest BCUT2D eigenvalue weighted by molar-refractivity contribution is 6.38. The van der Waals surface area contributed by atoms with Crippen LogP contribution in [0, 0.1) is 0 Å². The molecule has 1 N–H and O–H groups in total. The van der Waals surface area contributed by atoms with Gasteiger partial charge in [0.2, 0.25) is 0 Å².